The lowest BCUT2D eigenvalue weighted by atomic mass is 10.2. The number of pyridine rings is 1. The van der Waals surface area contributed by atoms with Crippen LogP contribution in [0, 0.1) is 5.82 Å². The molecule has 19 heavy (non-hydrogen) atoms. The van der Waals surface area contributed by atoms with Gasteiger partial charge in [0.2, 0.25) is 0 Å². The molecule has 3 rings (SSSR count). The van der Waals surface area contributed by atoms with Crippen molar-refractivity contribution in [1.29, 1.82) is 0 Å². The second kappa shape index (κ2) is 4.97. The monoisotopic (exact) mass is 388 g/mol. The maximum atomic E-state index is 13.2. The Morgan fingerprint density at radius 3 is 2.84 bits per heavy atom. The van der Waals surface area contributed by atoms with Crippen molar-refractivity contribution in [3.63, 3.8) is 0 Å². The minimum atomic E-state index is -0.275. The van der Waals surface area contributed by atoms with E-state index in [1.54, 1.807) is 41.2 Å². The average molecular weight is 389 g/mol. The van der Waals surface area contributed by atoms with E-state index < -0.39 is 0 Å². The summed E-state index contributed by atoms with van der Waals surface area (Å²) in [5.41, 5.74) is 2.16. The highest BCUT2D eigenvalue weighted by Gasteiger charge is 2.12. The third-order valence-corrected chi connectivity index (χ3v) is 3.43. The quantitative estimate of drug-likeness (QED) is 0.508. The summed E-state index contributed by atoms with van der Waals surface area (Å²) in [6.45, 7) is 0. The van der Waals surface area contributed by atoms with E-state index in [0.717, 1.165) is 16.6 Å². The molecule has 0 aliphatic rings. The van der Waals surface area contributed by atoms with Crippen LogP contribution in [0.5, 0.6) is 5.75 Å². The molecule has 0 saturated carbocycles. The van der Waals surface area contributed by atoms with E-state index in [2.05, 4.69) is 9.97 Å². The van der Waals surface area contributed by atoms with Crippen molar-refractivity contribution in [2.45, 2.75) is 0 Å². The number of nitrogens with zero attached hydrogens (tertiary/aromatic N) is 1. The van der Waals surface area contributed by atoms with Crippen LogP contribution in [0.15, 0.2) is 36.4 Å². The lowest BCUT2D eigenvalue weighted by molar-refractivity contribution is 0.629. The predicted molar refractivity (Wildman–Crippen MR) is 81.1 cm³/mol. The zero-order valence-electron chi connectivity index (χ0n) is 9.45. The minimum Gasteiger partial charge on any atom is -0.425 e. The summed E-state index contributed by atoms with van der Waals surface area (Å²) in [6, 6.07) is 9.76. The van der Waals surface area contributed by atoms with Crippen LogP contribution in [0.1, 0.15) is 0 Å². The van der Waals surface area contributed by atoms with Crippen molar-refractivity contribution in [2.24, 2.45) is 0 Å². The summed E-state index contributed by atoms with van der Waals surface area (Å²) < 4.78 is 18.4. The third kappa shape index (κ3) is 2.40. The lowest BCUT2D eigenvalue weighted by Gasteiger charge is -2.04. The van der Waals surface area contributed by atoms with Gasteiger partial charge in [0.25, 0.3) is 0 Å². The minimum absolute atomic E-state index is 0.275. The van der Waals surface area contributed by atoms with Gasteiger partial charge in [0, 0.05) is 10.9 Å². The van der Waals surface area contributed by atoms with Gasteiger partial charge in [-0.25, -0.2) is 9.37 Å². The molecule has 3 aromatic rings. The fraction of sp³-hybridized carbons (Fsp3) is 0. The van der Waals surface area contributed by atoms with Crippen molar-refractivity contribution >= 4 is 45.5 Å². The molecule has 2 heterocycles. The number of aromatic nitrogens is 2. The van der Waals surface area contributed by atoms with E-state index in [4.69, 9.17) is 14.7 Å². The molecule has 1 aromatic carbocycles. The molecule has 2 aromatic heterocycles. The second-order valence-electron chi connectivity index (χ2n) is 3.97. The highest BCUT2D eigenvalue weighted by molar-refractivity contribution is 14.1. The van der Waals surface area contributed by atoms with Gasteiger partial charge in [-0.15, -0.1) is 0 Å². The molecule has 0 saturated heterocycles. The molecule has 0 bridgehead atoms. The first-order valence-electron chi connectivity index (χ1n) is 5.41. The zero-order chi connectivity index (χ0) is 13.4. The smallest absolute Gasteiger partial charge is 0.192 e. The van der Waals surface area contributed by atoms with Gasteiger partial charge in [-0.3, -0.25) is 0 Å². The summed E-state index contributed by atoms with van der Waals surface area (Å²) in [6.07, 6.45) is 0. The van der Waals surface area contributed by atoms with Crippen molar-refractivity contribution in [3.8, 4) is 17.1 Å². The zero-order valence-corrected chi connectivity index (χ0v) is 12.4. The Morgan fingerprint density at radius 1 is 1.21 bits per heavy atom. The van der Waals surface area contributed by atoms with Gasteiger partial charge >= 0.3 is 0 Å². The first-order valence-corrected chi connectivity index (χ1v) is 6.67. The Morgan fingerprint density at radius 2 is 2.05 bits per heavy atom. The van der Waals surface area contributed by atoms with E-state index in [0.29, 0.717) is 16.6 Å². The van der Waals surface area contributed by atoms with Crippen LogP contribution in [0.2, 0.25) is 5.15 Å². The number of halogens is 3. The SMILES string of the molecule is Fc1ccc2[nH]c(-c3nc(Cl)ccc3OI)cc2c1. The number of H-pyrrole nitrogens is 1. The first-order chi connectivity index (χ1) is 9.17. The molecule has 0 fully saturated rings. The average Bonchev–Trinajstić information content (AvgIpc) is 2.81. The molecule has 0 amide bonds. The highest BCUT2D eigenvalue weighted by Crippen LogP contribution is 2.32. The fourth-order valence-corrected chi connectivity index (χ4v) is 2.41. The van der Waals surface area contributed by atoms with Crippen molar-refractivity contribution < 1.29 is 7.46 Å². The molecular formula is C13H7ClFIN2O. The topological polar surface area (TPSA) is 37.9 Å². The molecule has 3 nitrogen and oxygen atoms in total. The van der Waals surface area contributed by atoms with Crippen LogP contribution < -0.4 is 3.07 Å². The number of nitrogens with one attached hydrogen (secondary N) is 1. The number of aromatic amines is 1. The van der Waals surface area contributed by atoms with E-state index in [1.807, 2.05) is 6.07 Å². The number of benzene rings is 1. The van der Waals surface area contributed by atoms with Crippen LogP contribution in [0.4, 0.5) is 4.39 Å². The van der Waals surface area contributed by atoms with E-state index >= 15 is 0 Å². The molecule has 0 spiro atoms. The van der Waals surface area contributed by atoms with Crippen LogP contribution in [0.3, 0.4) is 0 Å². The summed E-state index contributed by atoms with van der Waals surface area (Å²) in [7, 11) is 0. The molecule has 0 aliphatic carbocycles. The molecular weight excluding hydrogens is 382 g/mol. The maximum absolute atomic E-state index is 13.2. The van der Waals surface area contributed by atoms with E-state index in [9.17, 15) is 4.39 Å². The van der Waals surface area contributed by atoms with Crippen LogP contribution >= 0.6 is 34.6 Å². The Labute approximate surface area is 127 Å². The maximum Gasteiger partial charge on any atom is 0.192 e. The van der Waals surface area contributed by atoms with Gasteiger partial charge in [0.05, 0.1) is 5.69 Å². The molecule has 6 heteroatoms. The molecule has 0 radical (unpaired) electrons. The van der Waals surface area contributed by atoms with E-state index in [1.165, 1.54) is 12.1 Å². The summed E-state index contributed by atoms with van der Waals surface area (Å²) in [4.78, 5) is 7.41. The van der Waals surface area contributed by atoms with Gasteiger partial charge in [-0.2, -0.15) is 0 Å². The molecule has 0 unspecified atom stereocenters. The Kier molecular flexibility index (Phi) is 3.32. The third-order valence-electron chi connectivity index (χ3n) is 2.75. The largest absolute Gasteiger partial charge is 0.425 e. The van der Waals surface area contributed by atoms with Crippen LogP contribution in [0.25, 0.3) is 22.3 Å². The van der Waals surface area contributed by atoms with Crippen molar-refractivity contribution in [1.82, 2.24) is 9.97 Å². The standard InChI is InChI=1S/C13H7ClFIN2O/c14-12-4-3-11(19-16)13(18-12)10-6-7-5-8(15)1-2-9(7)17-10/h1-6,17H. The van der Waals surface area contributed by atoms with Gasteiger partial charge < -0.3 is 8.05 Å². The Bertz CT molecular complexity index is 759. The number of fused-ring (bicyclic) bond motifs is 1. The van der Waals surface area contributed by atoms with Gasteiger partial charge in [-0.1, -0.05) is 11.6 Å². The summed E-state index contributed by atoms with van der Waals surface area (Å²) in [5.74, 6) is 0.319. The molecule has 1 N–H and O–H groups in total. The number of rotatable bonds is 2. The van der Waals surface area contributed by atoms with Gasteiger partial charge in [0.1, 0.15) is 16.7 Å². The van der Waals surface area contributed by atoms with Crippen molar-refractivity contribution in [2.75, 3.05) is 0 Å². The molecule has 96 valence electrons. The normalized spacial score (nSPS) is 10.9. The molecule has 0 aliphatic heterocycles. The van der Waals surface area contributed by atoms with Crippen LogP contribution in [-0.4, -0.2) is 9.97 Å². The lowest BCUT2D eigenvalue weighted by Crippen LogP contribution is -1.88. The second-order valence-corrected chi connectivity index (χ2v) is 4.80. The van der Waals surface area contributed by atoms with E-state index in [-0.39, 0.29) is 5.82 Å². The fourth-order valence-electron chi connectivity index (χ4n) is 1.91. The number of hydrogen-bond donors (Lipinski definition) is 1. The summed E-state index contributed by atoms with van der Waals surface area (Å²) >= 11 is 7.69. The Hall–Kier alpha value is -1.34. The summed E-state index contributed by atoms with van der Waals surface area (Å²) in [5, 5.41) is 1.15. The van der Waals surface area contributed by atoms with Crippen molar-refractivity contribution in [3.05, 3.63) is 47.4 Å². The number of hydrogen-bond acceptors (Lipinski definition) is 2. The van der Waals surface area contributed by atoms with Gasteiger partial charge in [0.15, 0.2) is 28.8 Å². The highest BCUT2D eigenvalue weighted by atomic mass is 127. The molecule has 0 atom stereocenters. The Balaban J connectivity index is 2.21. The first kappa shape index (κ1) is 12.7. The predicted octanol–water partition coefficient (Wildman–Crippen LogP) is 4.75. The van der Waals surface area contributed by atoms with Crippen LogP contribution in [-0.2, 0) is 0 Å². The van der Waals surface area contributed by atoms with Gasteiger partial charge in [-0.05, 0) is 36.4 Å².